The van der Waals surface area contributed by atoms with Crippen LogP contribution in [-0.2, 0) is 6.54 Å². The first-order valence-corrected chi connectivity index (χ1v) is 5.96. The van der Waals surface area contributed by atoms with Gasteiger partial charge in [-0.3, -0.25) is 20.8 Å². The average Bonchev–Trinajstić information content (AvgIpc) is 2.89. The molecule has 0 fully saturated rings. The van der Waals surface area contributed by atoms with Crippen LogP contribution in [0.15, 0.2) is 28.8 Å². The number of nitro benzene ring substituents is 1. The van der Waals surface area contributed by atoms with Gasteiger partial charge in [-0.15, -0.1) is 0 Å². The van der Waals surface area contributed by atoms with Crippen molar-refractivity contribution in [1.29, 1.82) is 0 Å². The first-order valence-electron chi connectivity index (χ1n) is 5.96. The normalized spacial score (nSPS) is 10.2. The number of hydrazine groups is 1. The third-order valence-corrected chi connectivity index (χ3v) is 2.72. The van der Waals surface area contributed by atoms with Crippen molar-refractivity contribution in [3.05, 3.63) is 51.4 Å². The number of anilines is 1. The van der Waals surface area contributed by atoms with Gasteiger partial charge in [-0.1, -0.05) is 5.16 Å². The highest BCUT2D eigenvalue weighted by Crippen LogP contribution is 2.21. The summed E-state index contributed by atoms with van der Waals surface area (Å²) >= 11 is 0. The lowest BCUT2D eigenvalue weighted by atomic mass is 10.1. The molecule has 1 amide bonds. The van der Waals surface area contributed by atoms with Crippen LogP contribution < -0.4 is 16.6 Å². The van der Waals surface area contributed by atoms with Crippen molar-refractivity contribution in [3.63, 3.8) is 0 Å². The summed E-state index contributed by atoms with van der Waals surface area (Å²) < 4.78 is 4.88. The van der Waals surface area contributed by atoms with E-state index in [-0.39, 0.29) is 23.5 Å². The van der Waals surface area contributed by atoms with Crippen molar-refractivity contribution < 1.29 is 14.2 Å². The van der Waals surface area contributed by atoms with Gasteiger partial charge in [0.15, 0.2) is 0 Å². The van der Waals surface area contributed by atoms with Gasteiger partial charge in [0.25, 0.3) is 11.6 Å². The van der Waals surface area contributed by atoms with E-state index in [1.165, 1.54) is 12.1 Å². The second-order valence-electron chi connectivity index (χ2n) is 4.24. The maximum atomic E-state index is 12.1. The maximum absolute atomic E-state index is 12.1. The molecule has 1 heterocycles. The summed E-state index contributed by atoms with van der Waals surface area (Å²) in [5, 5.41) is 17.1. The number of amides is 1. The minimum absolute atomic E-state index is 0.0758. The van der Waals surface area contributed by atoms with Crippen LogP contribution in [-0.4, -0.2) is 16.0 Å². The average molecular weight is 291 g/mol. The van der Waals surface area contributed by atoms with Crippen molar-refractivity contribution in [2.75, 3.05) is 5.43 Å². The molecule has 0 aliphatic rings. The summed E-state index contributed by atoms with van der Waals surface area (Å²) in [6.45, 7) is 1.87. The zero-order valence-corrected chi connectivity index (χ0v) is 11.1. The molecule has 9 nitrogen and oxygen atoms in total. The number of rotatable bonds is 5. The van der Waals surface area contributed by atoms with Crippen LogP contribution in [0.1, 0.15) is 21.8 Å². The molecular formula is C12H13N5O4. The molecule has 9 heteroatoms. The molecule has 0 aliphatic carbocycles. The predicted octanol–water partition coefficient (Wildman–Crippen LogP) is 1.11. The number of carbonyl (C=O) groups is 1. The standard InChI is InChI=1S/C12H13N5O4/c1-7-4-8(16-21-7)6-14-12(18)10-5-9(17(19)20)2-3-11(10)15-13/h2-5,15H,6,13H2,1H3,(H,14,18). The Kier molecular flexibility index (Phi) is 4.14. The van der Waals surface area contributed by atoms with E-state index in [1.54, 1.807) is 13.0 Å². The molecule has 1 aromatic carbocycles. The Bertz CT molecular complexity index is 682. The Morgan fingerprint density at radius 1 is 1.48 bits per heavy atom. The van der Waals surface area contributed by atoms with E-state index in [0.717, 1.165) is 6.07 Å². The van der Waals surface area contributed by atoms with Gasteiger partial charge in [-0.2, -0.15) is 0 Å². The summed E-state index contributed by atoms with van der Waals surface area (Å²) in [6, 6.07) is 5.45. The Labute approximate surface area is 119 Å². The van der Waals surface area contributed by atoms with Crippen molar-refractivity contribution in [2.24, 2.45) is 5.84 Å². The molecule has 1 aromatic heterocycles. The van der Waals surface area contributed by atoms with Crippen LogP contribution in [0.5, 0.6) is 0 Å². The van der Waals surface area contributed by atoms with Gasteiger partial charge < -0.3 is 15.3 Å². The third-order valence-electron chi connectivity index (χ3n) is 2.72. The zero-order chi connectivity index (χ0) is 15.4. The van der Waals surface area contributed by atoms with Crippen molar-refractivity contribution >= 4 is 17.3 Å². The highest BCUT2D eigenvalue weighted by molar-refractivity contribution is 6.00. The van der Waals surface area contributed by atoms with E-state index in [1.807, 2.05) is 0 Å². The largest absolute Gasteiger partial charge is 0.361 e. The van der Waals surface area contributed by atoms with E-state index in [2.05, 4.69) is 15.9 Å². The molecule has 2 aromatic rings. The van der Waals surface area contributed by atoms with E-state index in [9.17, 15) is 14.9 Å². The number of non-ortho nitro benzene ring substituents is 1. The second-order valence-corrected chi connectivity index (χ2v) is 4.24. The van der Waals surface area contributed by atoms with E-state index in [0.29, 0.717) is 11.5 Å². The minimum atomic E-state index is -0.585. The predicted molar refractivity (Wildman–Crippen MR) is 73.3 cm³/mol. The maximum Gasteiger partial charge on any atom is 0.270 e. The number of nitrogen functional groups attached to an aromatic ring is 1. The van der Waals surface area contributed by atoms with Crippen LogP contribution in [0.2, 0.25) is 0 Å². The summed E-state index contributed by atoms with van der Waals surface area (Å²) in [6.07, 6.45) is 0. The fraction of sp³-hybridized carbons (Fsp3) is 0.167. The lowest BCUT2D eigenvalue weighted by Gasteiger charge is -2.08. The van der Waals surface area contributed by atoms with Crippen LogP contribution in [0.4, 0.5) is 11.4 Å². The van der Waals surface area contributed by atoms with Crippen molar-refractivity contribution in [3.8, 4) is 0 Å². The number of aryl methyl sites for hydroxylation is 1. The van der Waals surface area contributed by atoms with Crippen LogP contribution in [0, 0.1) is 17.0 Å². The summed E-state index contributed by atoms with van der Waals surface area (Å²) in [7, 11) is 0. The summed E-state index contributed by atoms with van der Waals surface area (Å²) in [5.41, 5.74) is 3.04. The number of hydrogen-bond acceptors (Lipinski definition) is 7. The summed E-state index contributed by atoms with van der Waals surface area (Å²) in [5.74, 6) is 5.41. The highest BCUT2D eigenvalue weighted by Gasteiger charge is 2.16. The summed E-state index contributed by atoms with van der Waals surface area (Å²) in [4.78, 5) is 22.3. The highest BCUT2D eigenvalue weighted by atomic mass is 16.6. The van der Waals surface area contributed by atoms with Gasteiger partial charge in [0.1, 0.15) is 11.5 Å². The monoisotopic (exact) mass is 291 g/mol. The van der Waals surface area contributed by atoms with Gasteiger partial charge in [-0.25, -0.2) is 0 Å². The van der Waals surface area contributed by atoms with Gasteiger partial charge >= 0.3 is 0 Å². The van der Waals surface area contributed by atoms with E-state index >= 15 is 0 Å². The molecule has 0 saturated heterocycles. The fourth-order valence-corrected chi connectivity index (χ4v) is 1.73. The number of benzene rings is 1. The molecule has 0 unspecified atom stereocenters. The lowest BCUT2D eigenvalue weighted by Crippen LogP contribution is -2.25. The topological polar surface area (TPSA) is 136 Å². The zero-order valence-electron chi connectivity index (χ0n) is 11.1. The van der Waals surface area contributed by atoms with Gasteiger partial charge in [-0.05, 0) is 13.0 Å². The first kappa shape index (κ1) is 14.5. The number of nitrogens with one attached hydrogen (secondary N) is 2. The van der Waals surface area contributed by atoms with Crippen LogP contribution >= 0.6 is 0 Å². The SMILES string of the molecule is Cc1cc(CNC(=O)c2cc([N+](=O)[O-])ccc2NN)no1. The number of aromatic nitrogens is 1. The molecule has 0 atom stereocenters. The van der Waals surface area contributed by atoms with Gasteiger partial charge in [0.05, 0.1) is 22.7 Å². The molecule has 2 rings (SSSR count). The molecule has 0 radical (unpaired) electrons. The third kappa shape index (κ3) is 3.34. The number of carbonyl (C=O) groups excluding carboxylic acids is 1. The smallest absolute Gasteiger partial charge is 0.270 e. The number of nitrogens with zero attached hydrogens (tertiary/aromatic N) is 2. The van der Waals surface area contributed by atoms with Gasteiger partial charge in [0.2, 0.25) is 0 Å². The number of hydrogen-bond donors (Lipinski definition) is 3. The quantitative estimate of drug-likeness (QED) is 0.426. The molecule has 0 spiro atoms. The van der Waals surface area contributed by atoms with Gasteiger partial charge in [0, 0.05) is 18.2 Å². The lowest BCUT2D eigenvalue weighted by molar-refractivity contribution is -0.384. The van der Waals surface area contributed by atoms with E-state index in [4.69, 9.17) is 10.4 Å². The number of nitro groups is 1. The molecule has 21 heavy (non-hydrogen) atoms. The molecule has 0 saturated carbocycles. The second kappa shape index (κ2) is 6.01. The molecular weight excluding hydrogens is 278 g/mol. The van der Waals surface area contributed by atoms with E-state index < -0.39 is 10.8 Å². The van der Waals surface area contributed by atoms with Crippen LogP contribution in [0.3, 0.4) is 0 Å². The van der Waals surface area contributed by atoms with Crippen molar-refractivity contribution in [1.82, 2.24) is 10.5 Å². The van der Waals surface area contributed by atoms with Crippen molar-refractivity contribution in [2.45, 2.75) is 13.5 Å². The molecule has 110 valence electrons. The number of nitrogens with two attached hydrogens (primary N) is 1. The minimum Gasteiger partial charge on any atom is -0.361 e. The Morgan fingerprint density at radius 2 is 2.24 bits per heavy atom. The fourth-order valence-electron chi connectivity index (χ4n) is 1.73. The Balaban J connectivity index is 2.17. The molecule has 0 bridgehead atoms. The van der Waals surface area contributed by atoms with Crippen LogP contribution in [0.25, 0.3) is 0 Å². The molecule has 4 N–H and O–H groups in total. The molecule has 0 aliphatic heterocycles. The first-order chi connectivity index (χ1) is 10.0. The Hall–Kier alpha value is -2.94. The Morgan fingerprint density at radius 3 is 2.81 bits per heavy atom.